The fourth-order valence-corrected chi connectivity index (χ4v) is 3.41. The van der Waals surface area contributed by atoms with Gasteiger partial charge in [0.1, 0.15) is 5.82 Å². The number of fused-ring (bicyclic) bond motifs is 1. The van der Waals surface area contributed by atoms with Crippen molar-refractivity contribution in [1.29, 1.82) is 0 Å². The molecule has 2 aromatic carbocycles. The first kappa shape index (κ1) is 17.9. The number of methoxy groups -OCH3 is 3. The average Bonchev–Trinajstić information content (AvgIpc) is 3.15. The van der Waals surface area contributed by atoms with Gasteiger partial charge in [0.25, 0.3) is 0 Å². The van der Waals surface area contributed by atoms with Crippen LogP contribution in [-0.2, 0) is 0 Å². The van der Waals surface area contributed by atoms with Crippen LogP contribution in [0.5, 0.6) is 17.2 Å². The lowest BCUT2D eigenvalue weighted by Crippen LogP contribution is -1.96. The van der Waals surface area contributed by atoms with E-state index < -0.39 is 0 Å². The number of hydrogen-bond acceptors (Lipinski definition) is 5. The van der Waals surface area contributed by atoms with Crippen LogP contribution in [-0.4, -0.2) is 32.9 Å². The third-order valence-electron chi connectivity index (χ3n) is 4.82. The molecule has 5 heteroatoms. The fourth-order valence-electron chi connectivity index (χ4n) is 3.41. The standard InChI is InChI=1S/C23H22N2O3/c1-26-20-11-16(12-21(27-2)22(20)28-3)17-10-19-18(14-25-23(19)24-13-17)9-15-7-5-4-6-8-15/h4-13H,14H2,1-3H3,(H,24,25). The van der Waals surface area contributed by atoms with Gasteiger partial charge in [0.2, 0.25) is 5.75 Å². The summed E-state index contributed by atoms with van der Waals surface area (Å²) in [4.78, 5) is 4.62. The minimum atomic E-state index is 0.578. The molecule has 0 bridgehead atoms. The van der Waals surface area contributed by atoms with Gasteiger partial charge < -0.3 is 19.5 Å². The number of anilines is 1. The second-order valence-corrected chi connectivity index (χ2v) is 6.47. The molecule has 0 unspecified atom stereocenters. The molecule has 2 heterocycles. The first-order valence-electron chi connectivity index (χ1n) is 9.03. The summed E-state index contributed by atoms with van der Waals surface area (Å²) in [6, 6.07) is 16.3. The summed E-state index contributed by atoms with van der Waals surface area (Å²) in [7, 11) is 4.84. The molecule has 0 amide bonds. The highest BCUT2D eigenvalue weighted by Gasteiger charge is 2.19. The van der Waals surface area contributed by atoms with Gasteiger partial charge in [-0.3, -0.25) is 0 Å². The lowest BCUT2D eigenvalue weighted by molar-refractivity contribution is 0.324. The number of aromatic nitrogens is 1. The van der Waals surface area contributed by atoms with E-state index in [-0.39, 0.29) is 0 Å². The normalized spacial score (nSPS) is 13.8. The maximum atomic E-state index is 5.48. The number of benzene rings is 2. The van der Waals surface area contributed by atoms with E-state index in [0.717, 1.165) is 29.1 Å². The largest absolute Gasteiger partial charge is 0.493 e. The van der Waals surface area contributed by atoms with Crippen molar-refractivity contribution >= 4 is 17.5 Å². The second kappa shape index (κ2) is 7.64. The molecular weight excluding hydrogens is 352 g/mol. The van der Waals surface area contributed by atoms with Crippen LogP contribution in [0.2, 0.25) is 0 Å². The Morgan fingerprint density at radius 1 is 0.893 bits per heavy atom. The molecule has 5 nitrogen and oxygen atoms in total. The molecule has 4 rings (SSSR count). The predicted molar refractivity (Wildman–Crippen MR) is 112 cm³/mol. The summed E-state index contributed by atoms with van der Waals surface area (Å²) >= 11 is 0. The second-order valence-electron chi connectivity index (χ2n) is 6.47. The molecular formula is C23H22N2O3. The monoisotopic (exact) mass is 374 g/mol. The summed E-state index contributed by atoms with van der Waals surface area (Å²) in [5, 5.41) is 3.36. The summed E-state index contributed by atoms with van der Waals surface area (Å²) in [6.07, 6.45) is 4.05. The van der Waals surface area contributed by atoms with Crippen molar-refractivity contribution in [3.05, 3.63) is 65.9 Å². The number of nitrogens with one attached hydrogen (secondary N) is 1. The molecule has 0 aliphatic carbocycles. The van der Waals surface area contributed by atoms with Crippen LogP contribution in [0.3, 0.4) is 0 Å². The average molecular weight is 374 g/mol. The lowest BCUT2D eigenvalue weighted by atomic mass is 10.0. The highest BCUT2D eigenvalue weighted by Crippen LogP contribution is 2.42. The van der Waals surface area contributed by atoms with E-state index in [4.69, 9.17) is 14.2 Å². The number of pyridine rings is 1. The van der Waals surface area contributed by atoms with Crippen molar-refractivity contribution < 1.29 is 14.2 Å². The highest BCUT2D eigenvalue weighted by atomic mass is 16.5. The summed E-state index contributed by atoms with van der Waals surface area (Å²) in [5.41, 5.74) is 5.43. The maximum Gasteiger partial charge on any atom is 0.203 e. The number of ether oxygens (including phenoxy) is 3. The Morgan fingerprint density at radius 2 is 1.61 bits per heavy atom. The Kier molecular flexibility index (Phi) is 4.89. The Labute approximate surface area is 164 Å². The Hall–Kier alpha value is -3.47. The quantitative estimate of drug-likeness (QED) is 0.699. The van der Waals surface area contributed by atoms with Crippen molar-refractivity contribution in [3.63, 3.8) is 0 Å². The van der Waals surface area contributed by atoms with Crippen LogP contribution < -0.4 is 19.5 Å². The molecule has 1 aromatic heterocycles. The smallest absolute Gasteiger partial charge is 0.203 e. The molecule has 0 spiro atoms. The van der Waals surface area contributed by atoms with Crippen molar-refractivity contribution in [2.45, 2.75) is 0 Å². The van der Waals surface area contributed by atoms with E-state index in [9.17, 15) is 0 Å². The lowest BCUT2D eigenvalue weighted by Gasteiger charge is -2.14. The van der Waals surface area contributed by atoms with Crippen LogP contribution in [0.1, 0.15) is 11.1 Å². The van der Waals surface area contributed by atoms with Gasteiger partial charge in [0.05, 0.1) is 21.3 Å². The molecule has 0 fully saturated rings. The van der Waals surface area contributed by atoms with Crippen molar-refractivity contribution in [1.82, 2.24) is 4.98 Å². The van der Waals surface area contributed by atoms with E-state index in [1.807, 2.05) is 36.5 Å². The molecule has 1 aliphatic heterocycles. The number of hydrogen-bond donors (Lipinski definition) is 1. The maximum absolute atomic E-state index is 5.48. The Morgan fingerprint density at radius 3 is 2.25 bits per heavy atom. The van der Waals surface area contributed by atoms with E-state index in [0.29, 0.717) is 17.2 Å². The first-order chi connectivity index (χ1) is 13.7. The van der Waals surface area contributed by atoms with Gasteiger partial charge in [-0.1, -0.05) is 30.3 Å². The third-order valence-corrected chi connectivity index (χ3v) is 4.82. The number of nitrogens with zero attached hydrogens (tertiary/aromatic N) is 1. The zero-order valence-electron chi connectivity index (χ0n) is 16.2. The van der Waals surface area contributed by atoms with Crippen molar-refractivity contribution in [2.75, 3.05) is 33.2 Å². The van der Waals surface area contributed by atoms with E-state index in [2.05, 4.69) is 34.6 Å². The van der Waals surface area contributed by atoms with Crippen LogP contribution in [0.15, 0.2) is 54.7 Å². The fraction of sp³-hybridized carbons (Fsp3) is 0.174. The highest BCUT2D eigenvalue weighted by molar-refractivity contribution is 5.93. The Bertz CT molecular complexity index is 1000. The zero-order chi connectivity index (χ0) is 19.5. The molecule has 3 aromatic rings. The molecule has 0 saturated carbocycles. The SMILES string of the molecule is COc1cc(-c2cnc3c(c2)C(=Cc2ccccc2)CN3)cc(OC)c1OC. The van der Waals surface area contributed by atoms with Gasteiger partial charge in [0.15, 0.2) is 11.5 Å². The van der Waals surface area contributed by atoms with Gasteiger partial charge in [-0.15, -0.1) is 0 Å². The minimum absolute atomic E-state index is 0.578. The van der Waals surface area contributed by atoms with Gasteiger partial charge in [-0.2, -0.15) is 0 Å². The Balaban J connectivity index is 1.78. The summed E-state index contributed by atoms with van der Waals surface area (Å²) < 4.78 is 16.4. The minimum Gasteiger partial charge on any atom is -0.493 e. The van der Waals surface area contributed by atoms with Gasteiger partial charge in [-0.05, 0) is 41.0 Å². The predicted octanol–water partition coefficient (Wildman–Crippen LogP) is 4.74. The van der Waals surface area contributed by atoms with Crippen LogP contribution in [0.25, 0.3) is 22.8 Å². The molecule has 142 valence electrons. The topological polar surface area (TPSA) is 52.6 Å². The van der Waals surface area contributed by atoms with Crippen LogP contribution in [0.4, 0.5) is 5.82 Å². The third kappa shape index (κ3) is 3.27. The number of rotatable bonds is 5. The van der Waals surface area contributed by atoms with Crippen LogP contribution >= 0.6 is 0 Å². The summed E-state index contributed by atoms with van der Waals surface area (Å²) in [6.45, 7) is 0.760. The molecule has 1 aliphatic rings. The van der Waals surface area contributed by atoms with Crippen molar-refractivity contribution in [3.8, 4) is 28.4 Å². The van der Waals surface area contributed by atoms with Gasteiger partial charge in [0, 0.05) is 23.9 Å². The molecule has 0 saturated heterocycles. The molecule has 0 radical (unpaired) electrons. The van der Waals surface area contributed by atoms with Crippen LogP contribution in [0, 0.1) is 0 Å². The zero-order valence-corrected chi connectivity index (χ0v) is 16.2. The van der Waals surface area contributed by atoms with Gasteiger partial charge in [-0.25, -0.2) is 4.98 Å². The van der Waals surface area contributed by atoms with E-state index in [1.165, 1.54) is 11.1 Å². The van der Waals surface area contributed by atoms with Crippen molar-refractivity contribution in [2.24, 2.45) is 0 Å². The van der Waals surface area contributed by atoms with Gasteiger partial charge >= 0.3 is 0 Å². The summed E-state index contributed by atoms with van der Waals surface area (Å²) in [5.74, 6) is 2.72. The molecule has 28 heavy (non-hydrogen) atoms. The molecule has 1 N–H and O–H groups in total. The first-order valence-corrected chi connectivity index (χ1v) is 9.03. The molecule has 0 atom stereocenters. The van der Waals surface area contributed by atoms with E-state index in [1.54, 1.807) is 21.3 Å². The van der Waals surface area contributed by atoms with E-state index >= 15 is 0 Å².